The van der Waals surface area contributed by atoms with Crippen molar-refractivity contribution in [2.24, 2.45) is 4.99 Å². The Bertz CT molecular complexity index is 996. The number of halogens is 1. The van der Waals surface area contributed by atoms with Gasteiger partial charge in [-0.15, -0.1) is 24.0 Å². The molecule has 6 nitrogen and oxygen atoms in total. The molecule has 0 saturated carbocycles. The first-order chi connectivity index (χ1) is 14.3. The third-order valence-electron chi connectivity index (χ3n) is 5.37. The molecular weight excluding hydrogens is 489 g/mol. The summed E-state index contributed by atoms with van der Waals surface area (Å²) in [6.45, 7) is 4.37. The van der Waals surface area contributed by atoms with Crippen molar-refractivity contribution in [3.05, 3.63) is 66.4 Å². The summed E-state index contributed by atoms with van der Waals surface area (Å²) in [5, 5.41) is 4.68. The Kier molecular flexibility index (Phi) is 7.73. The van der Waals surface area contributed by atoms with Crippen LogP contribution in [0, 0.1) is 0 Å². The Hall–Kier alpha value is -2.55. The highest BCUT2D eigenvalue weighted by Crippen LogP contribution is 2.28. The van der Waals surface area contributed by atoms with Crippen LogP contribution in [-0.2, 0) is 6.54 Å². The maximum Gasteiger partial charge on any atom is 0.194 e. The summed E-state index contributed by atoms with van der Waals surface area (Å²) >= 11 is 0. The lowest BCUT2D eigenvalue weighted by Gasteiger charge is -2.38. The topological polar surface area (TPSA) is 53.0 Å². The van der Waals surface area contributed by atoms with E-state index in [9.17, 15) is 0 Å². The van der Waals surface area contributed by atoms with Crippen LogP contribution in [0.4, 0.5) is 5.69 Å². The van der Waals surface area contributed by atoms with E-state index in [4.69, 9.17) is 4.74 Å². The molecule has 158 valence electrons. The average molecular weight is 517 g/mol. The number of rotatable bonds is 4. The van der Waals surface area contributed by atoms with E-state index < -0.39 is 0 Å². The molecule has 1 saturated heterocycles. The normalized spacial score (nSPS) is 14.4. The smallest absolute Gasteiger partial charge is 0.194 e. The van der Waals surface area contributed by atoms with Crippen LogP contribution in [0.2, 0.25) is 0 Å². The van der Waals surface area contributed by atoms with Crippen molar-refractivity contribution >= 4 is 46.5 Å². The van der Waals surface area contributed by atoms with Gasteiger partial charge < -0.3 is 19.9 Å². The molecule has 30 heavy (non-hydrogen) atoms. The maximum absolute atomic E-state index is 5.52. The summed E-state index contributed by atoms with van der Waals surface area (Å²) in [6.07, 6.45) is 1.84. The van der Waals surface area contributed by atoms with E-state index in [0.717, 1.165) is 54.5 Å². The van der Waals surface area contributed by atoms with Crippen LogP contribution in [0.1, 0.15) is 5.56 Å². The van der Waals surface area contributed by atoms with E-state index in [-0.39, 0.29) is 24.0 Å². The average Bonchev–Trinajstić information content (AvgIpc) is 2.80. The van der Waals surface area contributed by atoms with Gasteiger partial charge in [-0.3, -0.25) is 9.98 Å². The largest absolute Gasteiger partial charge is 0.495 e. The maximum atomic E-state index is 5.52. The molecule has 0 amide bonds. The van der Waals surface area contributed by atoms with Crippen LogP contribution in [0.3, 0.4) is 0 Å². The molecule has 0 spiro atoms. The van der Waals surface area contributed by atoms with Crippen molar-refractivity contribution in [3.63, 3.8) is 0 Å². The number of fused-ring (bicyclic) bond motifs is 1. The van der Waals surface area contributed by atoms with Gasteiger partial charge in [0.15, 0.2) is 5.96 Å². The second kappa shape index (κ2) is 10.5. The van der Waals surface area contributed by atoms with Crippen molar-refractivity contribution < 1.29 is 4.74 Å². The standard InChI is InChI=1S/C23H27N5O.HI/c1-24-23(26-17-19-8-5-7-18-9-6-12-25-22(18)19)28-15-13-27(14-16-28)20-10-3-4-11-21(20)29-2;/h3-12H,13-17H2,1-2H3,(H,24,26);1H. The first kappa shape index (κ1) is 22.1. The first-order valence-electron chi connectivity index (χ1n) is 9.96. The fourth-order valence-corrected chi connectivity index (χ4v) is 3.87. The van der Waals surface area contributed by atoms with Gasteiger partial charge >= 0.3 is 0 Å². The lowest BCUT2D eigenvalue weighted by molar-refractivity contribution is 0.367. The zero-order valence-corrected chi connectivity index (χ0v) is 19.7. The number of hydrogen-bond donors (Lipinski definition) is 1. The SMILES string of the molecule is CN=C(NCc1cccc2cccnc12)N1CCN(c2ccccc2OC)CC1.I. The molecule has 1 aromatic heterocycles. The van der Waals surface area contributed by atoms with Crippen LogP contribution in [0.5, 0.6) is 5.75 Å². The first-order valence-corrected chi connectivity index (χ1v) is 9.96. The number of hydrogen-bond acceptors (Lipinski definition) is 4. The molecule has 7 heteroatoms. The highest BCUT2D eigenvalue weighted by atomic mass is 127. The predicted molar refractivity (Wildman–Crippen MR) is 134 cm³/mol. The number of guanidine groups is 1. The van der Waals surface area contributed by atoms with Gasteiger partial charge in [0.25, 0.3) is 0 Å². The van der Waals surface area contributed by atoms with Gasteiger partial charge in [-0.1, -0.05) is 36.4 Å². The van der Waals surface area contributed by atoms with Gasteiger partial charge in [0.2, 0.25) is 0 Å². The van der Waals surface area contributed by atoms with E-state index in [1.807, 2.05) is 31.4 Å². The number of aromatic nitrogens is 1. The molecule has 0 radical (unpaired) electrons. The molecule has 0 aliphatic carbocycles. The zero-order valence-electron chi connectivity index (χ0n) is 17.4. The fraction of sp³-hybridized carbons (Fsp3) is 0.304. The van der Waals surface area contributed by atoms with E-state index in [1.165, 1.54) is 5.56 Å². The van der Waals surface area contributed by atoms with Crippen LogP contribution < -0.4 is 15.0 Å². The molecule has 1 fully saturated rings. The number of nitrogens with one attached hydrogen (secondary N) is 1. The molecular formula is C23H28IN5O. The monoisotopic (exact) mass is 517 g/mol. The number of nitrogens with zero attached hydrogens (tertiary/aromatic N) is 4. The molecule has 0 atom stereocenters. The Balaban J connectivity index is 0.00000256. The molecule has 0 bridgehead atoms. The zero-order chi connectivity index (χ0) is 20.1. The summed E-state index contributed by atoms with van der Waals surface area (Å²) in [7, 11) is 3.57. The van der Waals surface area contributed by atoms with E-state index in [1.54, 1.807) is 7.11 Å². The van der Waals surface area contributed by atoms with E-state index in [2.05, 4.69) is 61.5 Å². The van der Waals surface area contributed by atoms with Crippen molar-refractivity contribution in [2.75, 3.05) is 45.2 Å². The summed E-state index contributed by atoms with van der Waals surface area (Å²) < 4.78 is 5.52. The highest BCUT2D eigenvalue weighted by molar-refractivity contribution is 14.0. The Morgan fingerprint density at radius 3 is 2.57 bits per heavy atom. The predicted octanol–water partition coefficient (Wildman–Crippen LogP) is 3.76. The van der Waals surface area contributed by atoms with Crippen molar-refractivity contribution in [2.45, 2.75) is 6.54 Å². The summed E-state index contributed by atoms with van der Waals surface area (Å²) in [6, 6.07) is 18.6. The Morgan fingerprint density at radius 1 is 1.03 bits per heavy atom. The number of pyridine rings is 1. The number of aliphatic imine (C=N–C) groups is 1. The van der Waals surface area contributed by atoms with E-state index >= 15 is 0 Å². The number of methoxy groups -OCH3 is 1. The molecule has 1 aliphatic rings. The number of benzene rings is 2. The number of piperazine rings is 1. The van der Waals surface area contributed by atoms with Gasteiger partial charge in [-0.2, -0.15) is 0 Å². The molecule has 2 aromatic carbocycles. The van der Waals surface area contributed by atoms with Crippen LogP contribution in [-0.4, -0.2) is 56.2 Å². The second-order valence-electron chi connectivity index (χ2n) is 7.04. The number of anilines is 1. The number of ether oxygens (including phenoxy) is 1. The third-order valence-corrected chi connectivity index (χ3v) is 5.37. The van der Waals surface area contributed by atoms with Gasteiger partial charge in [0.05, 0.1) is 18.3 Å². The summed E-state index contributed by atoms with van der Waals surface area (Å²) in [5.41, 5.74) is 3.37. The fourth-order valence-electron chi connectivity index (χ4n) is 3.87. The molecule has 2 heterocycles. The lowest BCUT2D eigenvalue weighted by atomic mass is 10.1. The molecule has 4 rings (SSSR count). The van der Waals surface area contributed by atoms with Crippen molar-refractivity contribution in [3.8, 4) is 5.75 Å². The minimum atomic E-state index is 0. The quantitative estimate of drug-likeness (QED) is 0.325. The van der Waals surface area contributed by atoms with Crippen molar-refractivity contribution in [1.82, 2.24) is 15.2 Å². The minimum absolute atomic E-state index is 0. The molecule has 3 aromatic rings. The van der Waals surface area contributed by atoms with Gasteiger partial charge in [-0.05, 0) is 23.8 Å². The Labute approximate surface area is 195 Å². The van der Waals surface area contributed by atoms with E-state index in [0.29, 0.717) is 6.54 Å². The summed E-state index contributed by atoms with van der Waals surface area (Å²) in [4.78, 5) is 13.7. The summed E-state index contributed by atoms with van der Waals surface area (Å²) in [5.74, 6) is 1.85. The molecule has 0 unspecified atom stereocenters. The lowest BCUT2D eigenvalue weighted by Crippen LogP contribution is -2.52. The number of para-hydroxylation sites is 3. The van der Waals surface area contributed by atoms with Crippen LogP contribution in [0.15, 0.2) is 65.8 Å². The van der Waals surface area contributed by atoms with Crippen molar-refractivity contribution in [1.29, 1.82) is 0 Å². The van der Waals surface area contributed by atoms with Gasteiger partial charge in [-0.25, -0.2) is 0 Å². The third kappa shape index (κ3) is 4.77. The Morgan fingerprint density at radius 2 is 1.80 bits per heavy atom. The van der Waals surface area contributed by atoms with Crippen LogP contribution >= 0.6 is 24.0 Å². The highest BCUT2D eigenvalue weighted by Gasteiger charge is 2.21. The molecule has 1 N–H and O–H groups in total. The van der Waals surface area contributed by atoms with Gasteiger partial charge in [0.1, 0.15) is 5.75 Å². The minimum Gasteiger partial charge on any atom is -0.495 e. The second-order valence-corrected chi connectivity index (χ2v) is 7.04. The molecule has 1 aliphatic heterocycles. The van der Waals surface area contributed by atoms with Crippen LogP contribution in [0.25, 0.3) is 10.9 Å². The van der Waals surface area contributed by atoms with Gasteiger partial charge in [0, 0.05) is 51.4 Å².